The lowest BCUT2D eigenvalue weighted by Gasteiger charge is -2.26. The van der Waals surface area contributed by atoms with E-state index in [0.29, 0.717) is 0 Å². The van der Waals surface area contributed by atoms with E-state index in [-0.39, 0.29) is 12.2 Å². The van der Waals surface area contributed by atoms with E-state index in [0.717, 1.165) is 36.1 Å². The molecule has 2 rings (SSSR count). The molecule has 22 heavy (non-hydrogen) atoms. The van der Waals surface area contributed by atoms with Gasteiger partial charge in [-0.3, -0.25) is 9.59 Å². The molecular formula is C14H16F2N2O3S. The van der Waals surface area contributed by atoms with E-state index < -0.39 is 29.0 Å². The van der Waals surface area contributed by atoms with Crippen LogP contribution < -0.4 is 10.6 Å². The van der Waals surface area contributed by atoms with Crippen molar-refractivity contribution in [2.75, 3.05) is 30.5 Å². The van der Waals surface area contributed by atoms with Crippen molar-refractivity contribution >= 4 is 29.3 Å². The molecule has 5 nitrogen and oxygen atoms in total. The van der Waals surface area contributed by atoms with Crippen molar-refractivity contribution in [2.45, 2.75) is 12.0 Å². The van der Waals surface area contributed by atoms with Gasteiger partial charge in [-0.1, -0.05) is 0 Å². The van der Waals surface area contributed by atoms with Crippen LogP contribution >= 0.6 is 11.8 Å². The van der Waals surface area contributed by atoms with Gasteiger partial charge < -0.3 is 15.4 Å². The molecule has 0 saturated carbocycles. The van der Waals surface area contributed by atoms with Crippen molar-refractivity contribution < 1.29 is 23.1 Å². The van der Waals surface area contributed by atoms with Crippen LogP contribution in [0.3, 0.4) is 0 Å². The van der Waals surface area contributed by atoms with Crippen LogP contribution in [0, 0.1) is 11.6 Å². The fraction of sp³-hybridized carbons (Fsp3) is 0.429. The minimum atomic E-state index is -1.05. The summed E-state index contributed by atoms with van der Waals surface area (Å²) in [5, 5.41) is 4.51. The molecule has 1 aliphatic heterocycles. The number of carbonyl (C=O) groups excluding carboxylic acids is 2. The van der Waals surface area contributed by atoms with Crippen molar-refractivity contribution in [2.24, 2.45) is 0 Å². The number of ether oxygens (including phenoxy) is 1. The quantitative estimate of drug-likeness (QED) is 0.822. The van der Waals surface area contributed by atoms with Gasteiger partial charge in [0.05, 0.1) is 11.3 Å². The van der Waals surface area contributed by atoms with Gasteiger partial charge in [0.15, 0.2) is 0 Å². The first-order valence-corrected chi connectivity index (χ1v) is 7.78. The SMILES string of the molecule is COC1(CNC(=O)C(=O)Nc2cc(F)ccc2F)CCSC1. The molecule has 1 atom stereocenters. The van der Waals surface area contributed by atoms with Crippen molar-refractivity contribution in [3.8, 4) is 0 Å². The number of benzene rings is 1. The van der Waals surface area contributed by atoms with E-state index in [9.17, 15) is 18.4 Å². The molecular weight excluding hydrogens is 314 g/mol. The molecule has 1 saturated heterocycles. The molecule has 1 unspecified atom stereocenters. The highest BCUT2D eigenvalue weighted by atomic mass is 32.2. The lowest BCUT2D eigenvalue weighted by atomic mass is 10.0. The van der Waals surface area contributed by atoms with Crippen molar-refractivity contribution in [1.29, 1.82) is 0 Å². The summed E-state index contributed by atoms with van der Waals surface area (Å²) in [5.74, 6) is -1.85. The Morgan fingerprint density at radius 3 is 2.77 bits per heavy atom. The standard InChI is InChI=1S/C14H16F2N2O3S/c1-21-14(4-5-22-8-14)7-17-12(19)13(20)18-11-6-9(15)2-3-10(11)16/h2-3,6H,4-5,7-8H2,1H3,(H,17,19)(H,18,20). The third kappa shape index (κ3) is 3.95. The number of rotatable bonds is 4. The predicted octanol–water partition coefficient (Wildman–Crippen LogP) is 1.54. The van der Waals surface area contributed by atoms with Crippen LogP contribution in [-0.4, -0.2) is 42.6 Å². The molecule has 1 aliphatic rings. The molecule has 0 radical (unpaired) electrons. The zero-order valence-electron chi connectivity index (χ0n) is 11.9. The van der Waals surface area contributed by atoms with Crippen molar-refractivity contribution in [3.05, 3.63) is 29.8 Å². The lowest BCUT2D eigenvalue weighted by Crippen LogP contribution is -2.47. The predicted molar refractivity (Wildman–Crippen MR) is 79.7 cm³/mol. The number of nitrogens with one attached hydrogen (secondary N) is 2. The fourth-order valence-corrected chi connectivity index (χ4v) is 3.45. The first-order chi connectivity index (χ1) is 10.5. The van der Waals surface area contributed by atoms with Gasteiger partial charge >= 0.3 is 11.8 Å². The Kier molecular flexibility index (Phi) is 5.36. The molecule has 2 amide bonds. The average molecular weight is 330 g/mol. The Morgan fingerprint density at radius 1 is 1.36 bits per heavy atom. The van der Waals surface area contributed by atoms with Crippen molar-refractivity contribution in [1.82, 2.24) is 5.32 Å². The number of thioether (sulfide) groups is 1. The maximum Gasteiger partial charge on any atom is 0.313 e. The molecule has 1 aromatic rings. The Morgan fingerprint density at radius 2 is 2.14 bits per heavy atom. The van der Waals surface area contributed by atoms with E-state index in [1.54, 1.807) is 18.9 Å². The van der Waals surface area contributed by atoms with Crippen LogP contribution in [0.4, 0.5) is 14.5 Å². The van der Waals surface area contributed by atoms with Gasteiger partial charge in [0.1, 0.15) is 11.6 Å². The van der Waals surface area contributed by atoms with Crippen LogP contribution in [0.25, 0.3) is 0 Å². The Bertz CT molecular complexity index is 577. The largest absolute Gasteiger partial charge is 0.376 e. The van der Waals surface area contributed by atoms with Crippen LogP contribution in [0.15, 0.2) is 18.2 Å². The minimum absolute atomic E-state index is 0.189. The second-order valence-electron chi connectivity index (χ2n) is 4.95. The highest BCUT2D eigenvalue weighted by molar-refractivity contribution is 7.99. The number of methoxy groups -OCH3 is 1. The van der Waals surface area contributed by atoms with E-state index in [1.165, 1.54) is 0 Å². The lowest BCUT2D eigenvalue weighted by molar-refractivity contribution is -0.136. The topological polar surface area (TPSA) is 67.4 Å². The van der Waals surface area contributed by atoms with E-state index in [1.807, 2.05) is 5.32 Å². The number of carbonyl (C=O) groups is 2. The molecule has 2 N–H and O–H groups in total. The number of hydrogen-bond donors (Lipinski definition) is 2. The van der Waals surface area contributed by atoms with Gasteiger partial charge in [0, 0.05) is 25.5 Å². The Hall–Kier alpha value is -1.67. The van der Waals surface area contributed by atoms with E-state index in [2.05, 4.69) is 5.32 Å². The summed E-state index contributed by atoms with van der Waals surface area (Å²) in [4.78, 5) is 23.5. The first-order valence-electron chi connectivity index (χ1n) is 6.63. The summed E-state index contributed by atoms with van der Waals surface area (Å²) in [6, 6.07) is 2.61. The van der Waals surface area contributed by atoms with Gasteiger partial charge in [-0.15, -0.1) is 0 Å². The third-order valence-corrected chi connectivity index (χ3v) is 4.68. The first kappa shape index (κ1) is 16.7. The summed E-state index contributed by atoms with van der Waals surface area (Å²) in [5.41, 5.74) is -0.858. The van der Waals surface area contributed by atoms with Crippen LogP contribution in [0.2, 0.25) is 0 Å². The van der Waals surface area contributed by atoms with E-state index in [4.69, 9.17) is 4.74 Å². The summed E-state index contributed by atoms with van der Waals surface area (Å²) in [6.07, 6.45) is 0.772. The van der Waals surface area contributed by atoms with Crippen LogP contribution in [0.1, 0.15) is 6.42 Å². The van der Waals surface area contributed by atoms with Gasteiger partial charge in [0.2, 0.25) is 0 Å². The Labute approximate surface area is 130 Å². The molecule has 0 spiro atoms. The minimum Gasteiger partial charge on any atom is -0.376 e. The van der Waals surface area contributed by atoms with Crippen LogP contribution in [-0.2, 0) is 14.3 Å². The molecule has 1 aromatic carbocycles. The monoisotopic (exact) mass is 330 g/mol. The average Bonchev–Trinajstić information content (AvgIpc) is 2.98. The molecule has 0 aromatic heterocycles. The van der Waals surface area contributed by atoms with E-state index >= 15 is 0 Å². The number of hydrogen-bond acceptors (Lipinski definition) is 4. The van der Waals surface area contributed by atoms with Gasteiger partial charge in [0.25, 0.3) is 0 Å². The molecule has 120 valence electrons. The normalized spacial score (nSPS) is 20.7. The highest BCUT2D eigenvalue weighted by Gasteiger charge is 2.35. The second-order valence-corrected chi connectivity index (χ2v) is 6.06. The highest BCUT2D eigenvalue weighted by Crippen LogP contribution is 2.30. The molecule has 1 heterocycles. The number of anilines is 1. The molecule has 1 fully saturated rings. The van der Waals surface area contributed by atoms with Gasteiger partial charge in [-0.25, -0.2) is 8.78 Å². The number of amides is 2. The second kappa shape index (κ2) is 7.06. The maximum atomic E-state index is 13.4. The van der Waals surface area contributed by atoms with Crippen LogP contribution in [0.5, 0.6) is 0 Å². The summed E-state index contributed by atoms with van der Waals surface area (Å²) >= 11 is 1.70. The zero-order valence-corrected chi connectivity index (χ0v) is 12.8. The summed E-state index contributed by atoms with van der Waals surface area (Å²) in [7, 11) is 1.56. The molecule has 0 bridgehead atoms. The molecule has 8 heteroatoms. The summed E-state index contributed by atoms with van der Waals surface area (Å²) < 4.78 is 31.8. The molecule has 0 aliphatic carbocycles. The summed E-state index contributed by atoms with van der Waals surface area (Å²) in [6.45, 7) is 0.189. The number of halogens is 2. The van der Waals surface area contributed by atoms with Gasteiger partial charge in [-0.05, 0) is 24.3 Å². The fourth-order valence-electron chi connectivity index (χ4n) is 2.06. The van der Waals surface area contributed by atoms with Gasteiger partial charge in [-0.2, -0.15) is 11.8 Å². The zero-order chi connectivity index (χ0) is 16.2. The maximum absolute atomic E-state index is 13.4. The van der Waals surface area contributed by atoms with Crippen molar-refractivity contribution in [3.63, 3.8) is 0 Å². The smallest absolute Gasteiger partial charge is 0.313 e. The third-order valence-electron chi connectivity index (χ3n) is 3.45. The Balaban J connectivity index is 1.92.